The summed E-state index contributed by atoms with van der Waals surface area (Å²) in [5, 5.41) is 4.64. The molecule has 0 atom stereocenters. The Kier molecular flexibility index (Phi) is 2.78. The number of ether oxygens (including phenoxy) is 1. The Morgan fingerprint density at radius 2 is 2.18 bits per heavy atom. The third-order valence-corrected chi connectivity index (χ3v) is 1.97. The molecular formula is C9H7F3N2O3. The van der Waals surface area contributed by atoms with Gasteiger partial charge in [0.2, 0.25) is 5.76 Å². The molecule has 0 unspecified atom stereocenters. The van der Waals surface area contributed by atoms with Crippen LogP contribution in [-0.2, 0) is 10.9 Å². The summed E-state index contributed by atoms with van der Waals surface area (Å²) >= 11 is 0. The molecule has 5 nitrogen and oxygen atoms in total. The van der Waals surface area contributed by atoms with E-state index in [1.54, 1.807) is 0 Å². The highest BCUT2D eigenvalue weighted by atomic mass is 19.4. The Balaban J connectivity index is 2.06. The molecule has 8 heteroatoms. The molecule has 0 aliphatic carbocycles. The number of carbonyl (C=O) groups is 1. The van der Waals surface area contributed by atoms with Gasteiger partial charge in [-0.05, 0) is 12.1 Å². The molecule has 1 saturated heterocycles. The lowest BCUT2D eigenvalue weighted by Gasteiger charge is -2.02. The third-order valence-electron chi connectivity index (χ3n) is 1.97. The molecule has 2 heterocycles. The minimum atomic E-state index is -4.53. The highest BCUT2D eigenvalue weighted by molar-refractivity contribution is 5.78. The molecule has 0 radical (unpaired) electrons. The van der Waals surface area contributed by atoms with Gasteiger partial charge < -0.3 is 9.15 Å². The van der Waals surface area contributed by atoms with Gasteiger partial charge in [-0.1, -0.05) is 0 Å². The van der Waals surface area contributed by atoms with Crippen LogP contribution in [0.1, 0.15) is 11.5 Å². The quantitative estimate of drug-likeness (QED) is 0.753. The predicted octanol–water partition coefficient (Wildman–Crippen LogP) is 2.08. The van der Waals surface area contributed by atoms with E-state index < -0.39 is 18.0 Å². The van der Waals surface area contributed by atoms with Crippen LogP contribution in [-0.4, -0.2) is 30.5 Å². The summed E-state index contributed by atoms with van der Waals surface area (Å²) in [6, 6.07) is 1.91. The largest absolute Gasteiger partial charge is 0.450 e. The van der Waals surface area contributed by atoms with Crippen molar-refractivity contribution in [3.63, 3.8) is 0 Å². The van der Waals surface area contributed by atoms with Crippen molar-refractivity contribution in [3.05, 3.63) is 23.7 Å². The van der Waals surface area contributed by atoms with E-state index in [1.807, 2.05) is 0 Å². The summed E-state index contributed by atoms with van der Waals surface area (Å²) in [7, 11) is 0. The van der Waals surface area contributed by atoms with Gasteiger partial charge in [0.1, 0.15) is 12.4 Å². The van der Waals surface area contributed by atoms with Gasteiger partial charge in [0.05, 0.1) is 12.8 Å². The lowest BCUT2D eigenvalue weighted by Crippen LogP contribution is -2.17. The maximum Gasteiger partial charge on any atom is 0.449 e. The van der Waals surface area contributed by atoms with Crippen LogP contribution in [0.4, 0.5) is 18.0 Å². The van der Waals surface area contributed by atoms with E-state index in [0.717, 1.165) is 23.4 Å². The topological polar surface area (TPSA) is 55.0 Å². The molecular weight excluding hydrogens is 241 g/mol. The van der Waals surface area contributed by atoms with Crippen LogP contribution in [0.25, 0.3) is 0 Å². The summed E-state index contributed by atoms with van der Waals surface area (Å²) in [5.41, 5.74) is 0. The monoisotopic (exact) mass is 248 g/mol. The number of hydrogen-bond acceptors (Lipinski definition) is 4. The first kappa shape index (κ1) is 11.5. The first-order chi connectivity index (χ1) is 7.97. The molecule has 1 aromatic rings. The van der Waals surface area contributed by atoms with Crippen LogP contribution in [0.2, 0.25) is 0 Å². The Bertz CT molecular complexity index is 453. The Morgan fingerprint density at radius 3 is 2.71 bits per heavy atom. The lowest BCUT2D eigenvalue weighted by molar-refractivity contribution is -0.153. The lowest BCUT2D eigenvalue weighted by atomic mass is 10.4. The van der Waals surface area contributed by atoms with Crippen LogP contribution in [0, 0.1) is 0 Å². The third kappa shape index (κ3) is 2.58. The Hall–Kier alpha value is -1.99. The summed E-state index contributed by atoms with van der Waals surface area (Å²) in [5.74, 6) is -1.19. The van der Waals surface area contributed by atoms with Gasteiger partial charge in [-0.15, -0.1) is 0 Å². The molecule has 1 aliphatic heterocycles. The van der Waals surface area contributed by atoms with Crippen LogP contribution < -0.4 is 0 Å². The van der Waals surface area contributed by atoms with Crippen molar-refractivity contribution in [1.82, 2.24) is 5.01 Å². The fraction of sp³-hybridized carbons (Fsp3) is 0.333. The second-order valence-electron chi connectivity index (χ2n) is 3.18. The summed E-state index contributed by atoms with van der Waals surface area (Å²) in [4.78, 5) is 10.9. The molecule has 1 aliphatic rings. The first-order valence-electron chi connectivity index (χ1n) is 4.62. The number of hydrazone groups is 1. The highest BCUT2D eigenvalue weighted by Crippen LogP contribution is 2.30. The average Bonchev–Trinajstić information content (AvgIpc) is 2.82. The van der Waals surface area contributed by atoms with Crippen molar-refractivity contribution in [2.24, 2.45) is 5.10 Å². The van der Waals surface area contributed by atoms with E-state index in [-0.39, 0.29) is 18.9 Å². The molecule has 92 valence electrons. The van der Waals surface area contributed by atoms with Crippen LogP contribution >= 0.6 is 0 Å². The molecule has 1 amide bonds. The maximum absolute atomic E-state index is 12.2. The van der Waals surface area contributed by atoms with Gasteiger partial charge >= 0.3 is 12.3 Å². The summed E-state index contributed by atoms with van der Waals surface area (Å²) < 4.78 is 45.6. The molecule has 0 saturated carbocycles. The van der Waals surface area contributed by atoms with Crippen LogP contribution in [0.15, 0.2) is 21.7 Å². The average molecular weight is 248 g/mol. The number of cyclic esters (lactones) is 1. The van der Waals surface area contributed by atoms with Crippen molar-refractivity contribution < 1.29 is 27.1 Å². The standard InChI is InChI=1S/C9H7F3N2O3/c10-9(11,12)7-2-1-6(17-7)5-13-14-3-4-16-8(14)15/h1-2,5H,3-4H2/b13-5+. The Labute approximate surface area is 93.4 Å². The molecule has 1 aromatic heterocycles. The molecule has 0 spiro atoms. The normalized spacial score (nSPS) is 16.9. The van der Waals surface area contributed by atoms with Crippen LogP contribution in [0.3, 0.4) is 0 Å². The number of hydrogen-bond donors (Lipinski definition) is 0. The van der Waals surface area contributed by atoms with Gasteiger partial charge in [0.25, 0.3) is 0 Å². The number of halogens is 3. The number of furan rings is 1. The first-order valence-corrected chi connectivity index (χ1v) is 4.62. The zero-order chi connectivity index (χ0) is 12.5. The van der Waals surface area contributed by atoms with E-state index in [2.05, 4.69) is 14.3 Å². The molecule has 17 heavy (non-hydrogen) atoms. The minimum absolute atomic E-state index is 0.0861. The molecule has 2 rings (SSSR count). The van der Waals surface area contributed by atoms with Crippen molar-refractivity contribution in [2.45, 2.75) is 6.18 Å². The molecule has 0 bridgehead atoms. The fourth-order valence-electron chi connectivity index (χ4n) is 1.19. The highest BCUT2D eigenvalue weighted by Gasteiger charge is 2.34. The fourth-order valence-corrected chi connectivity index (χ4v) is 1.19. The van der Waals surface area contributed by atoms with Crippen LogP contribution in [0.5, 0.6) is 0 Å². The minimum Gasteiger partial charge on any atom is -0.450 e. The van der Waals surface area contributed by atoms with Gasteiger partial charge in [0.15, 0.2) is 0 Å². The van der Waals surface area contributed by atoms with E-state index in [0.29, 0.717) is 0 Å². The number of amides is 1. The van der Waals surface area contributed by atoms with E-state index in [4.69, 9.17) is 0 Å². The zero-order valence-corrected chi connectivity index (χ0v) is 8.40. The molecule has 0 N–H and O–H groups in total. The summed E-state index contributed by atoms with van der Waals surface area (Å²) in [6.45, 7) is 0.476. The van der Waals surface area contributed by atoms with Crippen molar-refractivity contribution >= 4 is 12.3 Å². The van der Waals surface area contributed by atoms with Crippen molar-refractivity contribution in [3.8, 4) is 0 Å². The number of nitrogens with zero attached hydrogens (tertiary/aromatic N) is 2. The zero-order valence-electron chi connectivity index (χ0n) is 8.40. The van der Waals surface area contributed by atoms with Gasteiger partial charge in [0, 0.05) is 0 Å². The van der Waals surface area contributed by atoms with Crippen molar-refractivity contribution in [1.29, 1.82) is 0 Å². The second kappa shape index (κ2) is 4.11. The molecule has 0 aromatic carbocycles. The number of rotatable bonds is 2. The Morgan fingerprint density at radius 1 is 1.41 bits per heavy atom. The van der Waals surface area contributed by atoms with E-state index >= 15 is 0 Å². The smallest absolute Gasteiger partial charge is 0.449 e. The van der Waals surface area contributed by atoms with Crippen molar-refractivity contribution in [2.75, 3.05) is 13.2 Å². The van der Waals surface area contributed by atoms with E-state index in [9.17, 15) is 18.0 Å². The number of alkyl halides is 3. The number of carbonyl (C=O) groups excluding carboxylic acids is 1. The maximum atomic E-state index is 12.2. The summed E-state index contributed by atoms with van der Waals surface area (Å²) in [6.07, 6.45) is -4.13. The second-order valence-corrected chi connectivity index (χ2v) is 3.18. The molecule has 1 fully saturated rings. The van der Waals surface area contributed by atoms with Gasteiger partial charge in [-0.25, -0.2) is 4.79 Å². The van der Waals surface area contributed by atoms with Gasteiger partial charge in [-0.3, -0.25) is 0 Å². The van der Waals surface area contributed by atoms with E-state index in [1.165, 1.54) is 0 Å². The predicted molar refractivity (Wildman–Crippen MR) is 49.4 cm³/mol. The van der Waals surface area contributed by atoms with Gasteiger partial charge in [-0.2, -0.15) is 23.3 Å². The SMILES string of the molecule is O=C1OCCN1/N=C/c1ccc(C(F)(F)F)o1.